The van der Waals surface area contributed by atoms with Crippen LogP contribution in [0.1, 0.15) is 90.9 Å². The minimum Gasteiger partial charge on any atom is -0.493 e. The Bertz CT molecular complexity index is 3250. The Hall–Kier alpha value is -6.88. The van der Waals surface area contributed by atoms with Crippen molar-refractivity contribution in [1.29, 1.82) is 0 Å². The number of Topliss-reactive ketones (excluding diaryl/α,β-unsaturated/α-hetero) is 2. The van der Waals surface area contributed by atoms with Crippen molar-refractivity contribution in [2.75, 3.05) is 34.5 Å². The highest BCUT2D eigenvalue weighted by molar-refractivity contribution is 7.20. The Labute approximate surface area is 412 Å². The minimum atomic E-state index is -0.898. The molecule has 2 unspecified atom stereocenters. The molecule has 0 spiro atoms. The summed E-state index contributed by atoms with van der Waals surface area (Å²) in [5, 5.41) is 33.0. The molecule has 10 rings (SSSR count). The summed E-state index contributed by atoms with van der Waals surface area (Å²) in [6, 6.07) is 29.7. The number of aliphatic hydroxyl groups excluding tert-OH is 3. The smallest absolute Gasteiger partial charge is 0.163 e. The molecule has 0 saturated heterocycles. The third kappa shape index (κ3) is 9.67. The van der Waals surface area contributed by atoms with E-state index in [0.717, 1.165) is 43.0 Å². The summed E-state index contributed by atoms with van der Waals surface area (Å²) in [6.07, 6.45) is -0.958. The predicted octanol–water partition coefficient (Wildman–Crippen LogP) is 11.1. The van der Waals surface area contributed by atoms with Gasteiger partial charge in [0.05, 0.1) is 61.3 Å². The molecular weight excluding hydrogens is 929 g/mol. The van der Waals surface area contributed by atoms with Crippen LogP contribution in [0.25, 0.3) is 42.7 Å². The molecule has 2 aliphatic rings. The molecule has 6 heterocycles. The number of thiophene rings is 2. The van der Waals surface area contributed by atoms with Gasteiger partial charge in [-0.05, 0) is 98.5 Å². The Kier molecular flexibility index (Phi) is 14.4. The van der Waals surface area contributed by atoms with Crippen LogP contribution in [0.3, 0.4) is 0 Å². The van der Waals surface area contributed by atoms with Gasteiger partial charge < -0.3 is 43.7 Å². The second-order valence-electron chi connectivity index (χ2n) is 16.9. The highest BCUT2D eigenvalue weighted by Crippen LogP contribution is 2.48. The van der Waals surface area contributed by atoms with Crippen molar-refractivity contribution < 1.29 is 53.3 Å². The van der Waals surface area contributed by atoms with Crippen molar-refractivity contribution in [3.8, 4) is 57.0 Å². The zero-order valence-corrected chi connectivity index (χ0v) is 41.0. The van der Waals surface area contributed by atoms with E-state index in [4.69, 9.17) is 43.5 Å². The molecule has 3 N–H and O–H groups in total. The maximum Gasteiger partial charge on any atom is 0.163 e. The molecule has 2 aliphatic heterocycles. The van der Waals surface area contributed by atoms with Crippen LogP contribution in [0.15, 0.2) is 97.1 Å². The summed E-state index contributed by atoms with van der Waals surface area (Å²) >= 11 is 3.45. The number of methoxy groups -OCH3 is 3. The molecule has 8 aromatic rings. The van der Waals surface area contributed by atoms with Gasteiger partial charge in [-0.2, -0.15) is 0 Å². The van der Waals surface area contributed by atoms with E-state index in [0.29, 0.717) is 70.2 Å². The lowest BCUT2D eigenvalue weighted by molar-refractivity contribution is 0.0931. The first-order valence-electron chi connectivity index (χ1n) is 22.9. The number of hydrogen-bond acceptors (Lipinski definition) is 15. The van der Waals surface area contributed by atoms with Gasteiger partial charge in [-0.15, -0.1) is 22.7 Å². The van der Waals surface area contributed by atoms with Crippen LogP contribution in [-0.4, -0.2) is 71.4 Å². The summed E-state index contributed by atoms with van der Waals surface area (Å²) in [6.45, 7) is 5.25. The second kappa shape index (κ2) is 21.0. The molecule has 0 aliphatic carbocycles. The molecule has 15 heteroatoms. The quantitative estimate of drug-likeness (QED) is 0.0781. The highest BCUT2D eigenvalue weighted by atomic mass is 32.1. The molecule has 360 valence electrons. The van der Waals surface area contributed by atoms with Crippen LogP contribution in [0.5, 0.6) is 34.5 Å². The number of aromatic nitrogens is 2. The van der Waals surface area contributed by atoms with Crippen LogP contribution in [0, 0.1) is 13.8 Å². The Balaban J connectivity index is 0.000000174. The third-order valence-electron chi connectivity index (χ3n) is 12.4. The van der Waals surface area contributed by atoms with Gasteiger partial charge in [0, 0.05) is 55.3 Å². The molecule has 0 amide bonds. The van der Waals surface area contributed by atoms with E-state index < -0.39 is 12.2 Å². The first-order valence-corrected chi connectivity index (χ1v) is 24.5. The van der Waals surface area contributed by atoms with E-state index in [1.54, 1.807) is 78.3 Å². The fraction of sp³-hybridized carbons (Fsp3) is 0.273. The van der Waals surface area contributed by atoms with E-state index in [-0.39, 0.29) is 50.5 Å². The normalized spacial score (nSPS) is 13.0. The highest BCUT2D eigenvalue weighted by Gasteiger charge is 2.28. The SMILES string of the molecule is COc1cc(C(=O)CCC(O)c2ccc3c(n2)-c2c(sc4c(C)cccc24)CO3)ccc1OCCO.COc1ccc(C(=O)CCC(O)c2ccc3c(n2)-c2c(sc4c(C)cccc24)CO3)cc1OC. The number of carbonyl (C=O) groups is 2. The summed E-state index contributed by atoms with van der Waals surface area (Å²) in [7, 11) is 4.58. The van der Waals surface area contributed by atoms with Gasteiger partial charge in [0.2, 0.25) is 0 Å². The standard InChI is InChI=1S/C28H27NO6S.C27H25NO5S/c1-16-4-3-5-18-26-25(36-28(16)18)15-35-23-11-7-19(29-27(23)26)21(32)9-8-20(31)17-6-10-22(34-13-12-30)24(14-17)33-2;1-15-5-4-6-17-25-24(34-27(15)17)14-33-22-12-8-18(28-26(22)25)20(30)10-9-19(29)16-7-11-21(31-2)23(13-16)32-3/h3-7,10-11,14,21,30,32H,8-9,12-13,15H2,1-2H3;4-8,11-13,20,30H,9-10,14H2,1-3H3. The monoisotopic (exact) mass is 980 g/mol. The van der Waals surface area contributed by atoms with Gasteiger partial charge >= 0.3 is 0 Å². The number of hydrogen-bond donors (Lipinski definition) is 3. The first-order chi connectivity index (χ1) is 34.0. The number of aryl methyl sites for hydroxylation is 2. The summed E-state index contributed by atoms with van der Waals surface area (Å²) in [5.41, 5.74) is 8.10. The van der Waals surface area contributed by atoms with E-state index in [1.165, 1.54) is 34.7 Å². The Morgan fingerprint density at radius 3 is 1.53 bits per heavy atom. The van der Waals surface area contributed by atoms with Gasteiger partial charge in [-0.1, -0.05) is 36.4 Å². The lowest BCUT2D eigenvalue weighted by atomic mass is 10.00. The molecule has 0 saturated carbocycles. The molecule has 4 aromatic heterocycles. The molecule has 4 aromatic carbocycles. The van der Waals surface area contributed by atoms with Gasteiger partial charge in [0.1, 0.15) is 42.7 Å². The number of rotatable bonds is 16. The number of nitrogens with zero attached hydrogens (tertiary/aromatic N) is 2. The van der Waals surface area contributed by atoms with Crippen molar-refractivity contribution in [1.82, 2.24) is 9.97 Å². The number of aliphatic hydroxyl groups is 3. The fourth-order valence-electron chi connectivity index (χ4n) is 8.76. The topological polar surface area (TPSA) is 176 Å². The molecule has 70 heavy (non-hydrogen) atoms. The maximum absolute atomic E-state index is 12.8. The number of fused-ring (bicyclic) bond motifs is 10. The fourth-order valence-corrected chi connectivity index (χ4v) is 11.1. The van der Waals surface area contributed by atoms with Crippen molar-refractivity contribution >= 4 is 54.4 Å². The maximum atomic E-state index is 12.8. The van der Waals surface area contributed by atoms with Gasteiger partial charge in [-0.25, -0.2) is 9.97 Å². The Morgan fingerprint density at radius 1 is 0.614 bits per heavy atom. The molecular formula is C55H52N2O11S2. The molecule has 13 nitrogen and oxygen atoms in total. The molecule has 0 fully saturated rings. The predicted molar refractivity (Wildman–Crippen MR) is 270 cm³/mol. The van der Waals surface area contributed by atoms with Crippen LogP contribution < -0.4 is 28.4 Å². The number of pyridine rings is 2. The van der Waals surface area contributed by atoms with Crippen LogP contribution >= 0.6 is 22.7 Å². The van der Waals surface area contributed by atoms with Gasteiger partial charge in [-0.3, -0.25) is 9.59 Å². The number of ketones is 2. The van der Waals surface area contributed by atoms with E-state index in [9.17, 15) is 19.8 Å². The zero-order valence-electron chi connectivity index (χ0n) is 39.4. The average molecular weight is 981 g/mol. The Morgan fingerprint density at radius 2 is 1.07 bits per heavy atom. The van der Waals surface area contributed by atoms with Gasteiger partial charge in [0.15, 0.2) is 34.6 Å². The van der Waals surface area contributed by atoms with E-state index in [1.807, 2.05) is 18.2 Å². The lowest BCUT2D eigenvalue weighted by Crippen LogP contribution is -2.09. The first kappa shape index (κ1) is 48.2. The molecule has 0 radical (unpaired) electrons. The summed E-state index contributed by atoms with van der Waals surface area (Å²) < 4.78 is 35.6. The lowest BCUT2D eigenvalue weighted by Gasteiger charge is -2.19. The van der Waals surface area contributed by atoms with Crippen molar-refractivity contribution in [2.24, 2.45) is 0 Å². The van der Waals surface area contributed by atoms with Crippen molar-refractivity contribution in [2.45, 2.75) is 65.0 Å². The van der Waals surface area contributed by atoms with Crippen LogP contribution in [0.2, 0.25) is 0 Å². The summed E-state index contributed by atoms with van der Waals surface area (Å²) in [4.78, 5) is 37.4. The van der Waals surface area contributed by atoms with Crippen molar-refractivity contribution in [3.05, 3.63) is 140 Å². The number of carbonyl (C=O) groups excluding carboxylic acids is 2. The van der Waals surface area contributed by atoms with E-state index >= 15 is 0 Å². The number of ether oxygens (including phenoxy) is 6. The van der Waals surface area contributed by atoms with Crippen LogP contribution in [-0.2, 0) is 13.2 Å². The average Bonchev–Trinajstić information content (AvgIpc) is 3.99. The largest absolute Gasteiger partial charge is 0.493 e. The van der Waals surface area contributed by atoms with E-state index in [2.05, 4.69) is 44.2 Å². The minimum absolute atomic E-state index is 0.0807. The van der Waals surface area contributed by atoms with Crippen LogP contribution in [0.4, 0.5) is 0 Å². The number of benzene rings is 4. The third-order valence-corrected chi connectivity index (χ3v) is 15.1. The summed E-state index contributed by atoms with van der Waals surface area (Å²) in [5.74, 6) is 3.15. The molecule has 0 bridgehead atoms. The van der Waals surface area contributed by atoms with Crippen molar-refractivity contribution in [3.63, 3.8) is 0 Å². The zero-order chi connectivity index (χ0) is 49.1. The second-order valence-corrected chi connectivity index (χ2v) is 19.1. The molecule has 2 atom stereocenters. The van der Waals surface area contributed by atoms with Gasteiger partial charge in [0.25, 0.3) is 0 Å².